The Labute approximate surface area is 183 Å². The number of fused-ring (bicyclic) bond motifs is 1. The molecule has 0 aromatic heterocycles. The van der Waals surface area contributed by atoms with Gasteiger partial charge in [-0.1, -0.05) is 29.8 Å². The molecule has 0 spiro atoms. The van der Waals surface area contributed by atoms with Crippen LogP contribution >= 0.6 is 23.4 Å². The van der Waals surface area contributed by atoms with Crippen molar-refractivity contribution in [2.24, 2.45) is 0 Å². The Bertz CT molecular complexity index is 991. The normalized spacial score (nSPS) is 18.0. The van der Waals surface area contributed by atoms with Crippen molar-refractivity contribution in [3.63, 3.8) is 0 Å². The number of thioether (sulfide) groups is 1. The van der Waals surface area contributed by atoms with Gasteiger partial charge < -0.3 is 10.1 Å². The number of carbonyl (C=O) groups excluding carboxylic acids is 3. The maximum absolute atomic E-state index is 12.7. The predicted octanol–water partition coefficient (Wildman–Crippen LogP) is 3.99. The molecule has 1 unspecified atom stereocenters. The molecule has 0 saturated carbocycles. The zero-order chi connectivity index (χ0) is 21.1. The number of nitrogens with zero attached hydrogens (tertiary/aromatic N) is 1. The fourth-order valence-corrected chi connectivity index (χ4v) is 4.71. The maximum atomic E-state index is 12.7. The number of amides is 3. The first-order valence-electron chi connectivity index (χ1n) is 9.76. The number of hydrogen-bond acceptors (Lipinski definition) is 5. The molecule has 2 heterocycles. The molecule has 156 valence electrons. The van der Waals surface area contributed by atoms with E-state index in [-0.39, 0.29) is 36.1 Å². The van der Waals surface area contributed by atoms with Crippen LogP contribution in [0, 0.1) is 0 Å². The molecule has 2 aliphatic heterocycles. The number of rotatable bonds is 7. The van der Waals surface area contributed by atoms with E-state index in [0.29, 0.717) is 34.2 Å². The van der Waals surface area contributed by atoms with Gasteiger partial charge in [0, 0.05) is 23.1 Å². The summed E-state index contributed by atoms with van der Waals surface area (Å²) in [4.78, 5) is 38.8. The van der Waals surface area contributed by atoms with Crippen LogP contribution in [0.1, 0.15) is 39.1 Å². The van der Waals surface area contributed by atoms with E-state index in [2.05, 4.69) is 5.32 Å². The molecule has 2 aliphatic rings. The highest BCUT2D eigenvalue weighted by molar-refractivity contribution is 7.99. The Kier molecular flexibility index (Phi) is 6.41. The second kappa shape index (κ2) is 9.20. The van der Waals surface area contributed by atoms with Gasteiger partial charge in [0.1, 0.15) is 0 Å². The first kappa shape index (κ1) is 20.9. The number of benzene rings is 2. The van der Waals surface area contributed by atoms with Crippen molar-refractivity contribution in [3.8, 4) is 0 Å². The molecular weight excluding hydrogens is 424 g/mol. The minimum Gasteiger partial charge on any atom is -0.376 e. The molecule has 0 aliphatic carbocycles. The average Bonchev–Trinajstić information content (AvgIpc) is 3.33. The van der Waals surface area contributed by atoms with Gasteiger partial charge in [0.05, 0.1) is 29.5 Å². The molecule has 1 saturated heterocycles. The second-order valence-corrected chi connectivity index (χ2v) is 8.64. The monoisotopic (exact) mass is 444 g/mol. The first-order valence-corrected chi connectivity index (χ1v) is 11.3. The summed E-state index contributed by atoms with van der Waals surface area (Å²) < 4.78 is 5.55. The fraction of sp³-hybridized carbons (Fsp3) is 0.318. The van der Waals surface area contributed by atoms with Crippen molar-refractivity contribution >= 4 is 46.8 Å². The molecule has 0 bridgehead atoms. The van der Waals surface area contributed by atoms with E-state index in [1.807, 2.05) is 24.3 Å². The maximum Gasteiger partial charge on any atom is 0.261 e. The highest BCUT2D eigenvalue weighted by Crippen LogP contribution is 2.28. The van der Waals surface area contributed by atoms with Crippen LogP contribution < -0.4 is 5.32 Å². The van der Waals surface area contributed by atoms with Gasteiger partial charge in [-0.3, -0.25) is 19.3 Å². The molecule has 30 heavy (non-hydrogen) atoms. The number of halogens is 1. The van der Waals surface area contributed by atoms with Crippen LogP contribution in [0.4, 0.5) is 5.69 Å². The molecule has 6 nitrogen and oxygen atoms in total. The summed E-state index contributed by atoms with van der Waals surface area (Å²) in [7, 11) is 0. The highest BCUT2D eigenvalue weighted by Gasteiger charge is 2.37. The van der Waals surface area contributed by atoms with E-state index < -0.39 is 0 Å². The Morgan fingerprint density at radius 1 is 1.17 bits per heavy atom. The summed E-state index contributed by atoms with van der Waals surface area (Å²) in [5, 5.41) is 3.48. The summed E-state index contributed by atoms with van der Waals surface area (Å²) in [6.45, 7) is 0.936. The number of nitrogens with one attached hydrogen (secondary N) is 1. The van der Waals surface area contributed by atoms with Crippen LogP contribution in [0.15, 0.2) is 42.5 Å². The molecule has 2 aromatic carbocycles. The van der Waals surface area contributed by atoms with Crippen LogP contribution in [0.2, 0.25) is 5.02 Å². The minimum atomic E-state index is -0.338. The van der Waals surface area contributed by atoms with Crippen LogP contribution in [0.3, 0.4) is 0 Å². The van der Waals surface area contributed by atoms with Crippen LogP contribution in [-0.4, -0.2) is 47.6 Å². The van der Waals surface area contributed by atoms with Crippen LogP contribution in [0.25, 0.3) is 0 Å². The lowest BCUT2D eigenvalue weighted by Crippen LogP contribution is -2.36. The lowest BCUT2D eigenvalue weighted by atomic mass is 10.1. The van der Waals surface area contributed by atoms with Crippen molar-refractivity contribution in [2.75, 3.05) is 24.2 Å². The lowest BCUT2D eigenvalue weighted by molar-refractivity contribution is -0.113. The highest BCUT2D eigenvalue weighted by atomic mass is 35.5. The molecule has 0 radical (unpaired) electrons. The molecule has 1 fully saturated rings. The number of anilines is 1. The van der Waals surface area contributed by atoms with Crippen LogP contribution in [-0.2, 0) is 15.3 Å². The van der Waals surface area contributed by atoms with Gasteiger partial charge in [-0.25, -0.2) is 0 Å². The van der Waals surface area contributed by atoms with Gasteiger partial charge in [-0.15, -0.1) is 11.8 Å². The molecule has 1 N–H and O–H groups in total. The smallest absolute Gasteiger partial charge is 0.261 e. The van der Waals surface area contributed by atoms with E-state index in [9.17, 15) is 14.4 Å². The van der Waals surface area contributed by atoms with Crippen molar-refractivity contribution < 1.29 is 19.1 Å². The van der Waals surface area contributed by atoms with E-state index in [0.717, 1.165) is 18.4 Å². The van der Waals surface area contributed by atoms with Crippen molar-refractivity contribution in [1.29, 1.82) is 0 Å². The number of imide groups is 1. The van der Waals surface area contributed by atoms with Gasteiger partial charge in [-0.05, 0) is 42.7 Å². The summed E-state index contributed by atoms with van der Waals surface area (Å²) >= 11 is 7.58. The predicted molar refractivity (Wildman–Crippen MR) is 117 cm³/mol. The van der Waals surface area contributed by atoms with E-state index >= 15 is 0 Å². The van der Waals surface area contributed by atoms with Crippen LogP contribution in [0.5, 0.6) is 0 Å². The topological polar surface area (TPSA) is 75.7 Å². The van der Waals surface area contributed by atoms with Gasteiger partial charge >= 0.3 is 0 Å². The summed E-state index contributed by atoms with van der Waals surface area (Å²) in [5.74, 6) is 0.0522. The first-order chi connectivity index (χ1) is 14.5. The second-order valence-electron chi connectivity index (χ2n) is 7.25. The fourth-order valence-electron chi connectivity index (χ4n) is 3.59. The molecule has 4 rings (SSSR count). The SMILES string of the molecule is O=C(CSCc1ccccc1Cl)Nc1ccc2c(c1)C(=O)N(CC1CCCO1)C2=O. The van der Waals surface area contributed by atoms with Gasteiger partial charge in [0.25, 0.3) is 11.8 Å². The largest absolute Gasteiger partial charge is 0.376 e. The zero-order valence-corrected chi connectivity index (χ0v) is 17.8. The minimum absolute atomic E-state index is 0.0958. The lowest BCUT2D eigenvalue weighted by Gasteiger charge is -2.17. The molecular formula is C22H21ClN2O4S. The average molecular weight is 445 g/mol. The number of hydrogen-bond donors (Lipinski definition) is 1. The van der Waals surface area contributed by atoms with Crippen molar-refractivity contribution in [1.82, 2.24) is 4.90 Å². The number of carbonyl (C=O) groups is 3. The third-order valence-corrected chi connectivity index (χ3v) is 6.46. The standard InChI is InChI=1S/C22H21ClN2O4S/c23-19-6-2-1-4-14(19)12-30-13-20(26)24-15-7-8-17-18(10-15)22(28)25(21(17)27)11-16-5-3-9-29-16/h1-2,4,6-8,10,16H,3,5,9,11-13H2,(H,24,26). The Balaban J connectivity index is 1.35. The Morgan fingerprint density at radius 2 is 1.97 bits per heavy atom. The Hall–Kier alpha value is -2.35. The van der Waals surface area contributed by atoms with E-state index in [4.69, 9.17) is 16.3 Å². The molecule has 1 atom stereocenters. The third-order valence-electron chi connectivity index (χ3n) is 5.11. The zero-order valence-electron chi connectivity index (χ0n) is 16.2. The number of ether oxygens (including phenoxy) is 1. The van der Waals surface area contributed by atoms with Gasteiger partial charge in [0.15, 0.2) is 0 Å². The van der Waals surface area contributed by atoms with E-state index in [1.54, 1.807) is 18.2 Å². The third kappa shape index (κ3) is 4.53. The quantitative estimate of drug-likeness (QED) is 0.653. The van der Waals surface area contributed by atoms with Gasteiger partial charge in [-0.2, -0.15) is 0 Å². The summed E-state index contributed by atoms with van der Waals surface area (Å²) in [6.07, 6.45) is 1.69. The van der Waals surface area contributed by atoms with Gasteiger partial charge in [0.2, 0.25) is 5.91 Å². The summed E-state index contributed by atoms with van der Waals surface area (Å²) in [5.41, 5.74) is 2.16. The molecule has 8 heteroatoms. The molecule has 2 aromatic rings. The Morgan fingerprint density at radius 3 is 2.73 bits per heavy atom. The molecule has 3 amide bonds. The van der Waals surface area contributed by atoms with Crippen molar-refractivity contribution in [3.05, 3.63) is 64.2 Å². The van der Waals surface area contributed by atoms with E-state index in [1.165, 1.54) is 16.7 Å². The summed E-state index contributed by atoms with van der Waals surface area (Å²) in [6, 6.07) is 12.3. The van der Waals surface area contributed by atoms with Crippen molar-refractivity contribution in [2.45, 2.75) is 24.7 Å².